The Morgan fingerprint density at radius 3 is 2.38 bits per heavy atom. The van der Waals surface area contributed by atoms with Gasteiger partial charge in [0.2, 0.25) is 0 Å². The van der Waals surface area contributed by atoms with E-state index in [1.54, 1.807) is 0 Å². The van der Waals surface area contributed by atoms with E-state index >= 15 is 0 Å². The van der Waals surface area contributed by atoms with Crippen LogP contribution >= 0.6 is 0 Å². The Morgan fingerprint density at radius 1 is 0.882 bits per heavy atom. The summed E-state index contributed by atoms with van der Waals surface area (Å²) in [6.45, 7) is 4.71. The predicted molar refractivity (Wildman–Crippen MR) is 129 cm³/mol. The summed E-state index contributed by atoms with van der Waals surface area (Å²) < 4.78 is 17.0. The average molecular weight is 457 g/mol. The highest BCUT2D eigenvalue weighted by Gasteiger charge is 2.18. The van der Waals surface area contributed by atoms with E-state index < -0.39 is 0 Å². The van der Waals surface area contributed by atoms with Crippen LogP contribution in [0.4, 0.5) is 5.69 Å². The van der Waals surface area contributed by atoms with Crippen LogP contribution in [0.15, 0.2) is 54.9 Å². The fourth-order valence-electron chi connectivity index (χ4n) is 4.39. The van der Waals surface area contributed by atoms with E-state index in [4.69, 9.17) is 14.2 Å². The van der Waals surface area contributed by atoms with E-state index in [2.05, 4.69) is 33.1 Å². The summed E-state index contributed by atoms with van der Waals surface area (Å²) in [6, 6.07) is 16.3. The van der Waals surface area contributed by atoms with Crippen molar-refractivity contribution in [2.24, 2.45) is 0 Å². The Hall–Kier alpha value is -3.47. The molecule has 0 unspecified atom stereocenters. The molecule has 2 fully saturated rings. The molecule has 0 bridgehead atoms. The molecule has 2 aromatic heterocycles. The quantitative estimate of drug-likeness (QED) is 0.555. The number of hydrogen-bond donors (Lipinski definition) is 0. The zero-order valence-electron chi connectivity index (χ0n) is 19.2. The molecule has 7 nitrogen and oxygen atoms in total. The van der Waals surface area contributed by atoms with Crippen LogP contribution in [0.1, 0.15) is 29.8 Å². The summed E-state index contributed by atoms with van der Waals surface area (Å²) in [7, 11) is 0. The molecule has 5 rings (SSSR count). The highest BCUT2D eigenvalue weighted by Crippen LogP contribution is 2.29. The lowest BCUT2D eigenvalue weighted by atomic mass is 10.0. The van der Waals surface area contributed by atoms with E-state index in [0.29, 0.717) is 30.9 Å². The van der Waals surface area contributed by atoms with E-state index in [-0.39, 0.29) is 6.10 Å². The fourth-order valence-corrected chi connectivity index (χ4v) is 4.39. The van der Waals surface area contributed by atoms with E-state index in [1.165, 1.54) is 5.69 Å². The van der Waals surface area contributed by atoms with Crippen LogP contribution in [0.5, 0.6) is 5.75 Å². The highest BCUT2D eigenvalue weighted by atomic mass is 16.5. The molecule has 0 aliphatic carbocycles. The molecule has 0 N–H and O–H groups in total. The fraction of sp³-hybridized carbons (Fsp3) is 0.370. The second-order valence-electron chi connectivity index (χ2n) is 8.57. The monoisotopic (exact) mass is 456 g/mol. The van der Waals surface area contributed by atoms with E-state index in [1.807, 2.05) is 42.7 Å². The molecule has 2 saturated heterocycles. The number of nitrogens with zero attached hydrogens (tertiary/aromatic N) is 4. The summed E-state index contributed by atoms with van der Waals surface area (Å²) in [5, 5.41) is 9.72. The largest absolute Gasteiger partial charge is 0.489 e. The third-order valence-electron chi connectivity index (χ3n) is 6.25. The van der Waals surface area contributed by atoms with Crippen LogP contribution < -0.4 is 9.64 Å². The molecule has 4 heterocycles. The van der Waals surface area contributed by atoms with Crippen molar-refractivity contribution in [1.29, 1.82) is 5.26 Å². The molecule has 1 aromatic carbocycles. The highest BCUT2D eigenvalue weighted by molar-refractivity contribution is 5.67. The van der Waals surface area contributed by atoms with Crippen LogP contribution in [-0.2, 0) is 15.9 Å². The topological polar surface area (TPSA) is 80.5 Å². The third-order valence-corrected chi connectivity index (χ3v) is 6.25. The number of benzene rings is 1. The Balaban J connectivity index is 1.32. The Morgan fingerprint density at radius 2 is 1.59 bits per heavy atom. The Labute approximate surface area is 199 Å². The number of morpholine rings is 1. The SMILES string of the molecule is N#Cc1cc(-c2ccnc(Cc3cc(N4CCOCC4)ccn3)c2)ccc1OC1CCOCC1. The molecular formula is C27H28N4O3. The molecule has 0 spiro atoms. The number of rotatable bonds is 6. The number of ether oxygens (including phenoxy) is 3. The van der Waals surface area contributed by atoms with Gasteiger partial charge in [0.25, 0.3) is 0 Å². The molecule has 2 aliphatic rings. The number of anilines is 1. The number of aromatic nitrogens is 2. The van der Waals surface area contributed by atoms with Gasteiger partial charge < -0.3 is 19.1 Å². The third kappa shape index (κ3) is 5.36. The number of pyridine rings is 2. The van der Waals surface area contributed by atoms with Crippen LogP contribution in [0, 0.1) is 11.3 Å². The number of nitriles is 1. The molecule has 3 aromatic rings. The minimum absolute atomic E-state index is 0.0972. The minimum Gasteiger partial charge on any atom is -0.489 e. The van der Waals surface area contributed by atoms with Crippen LogP contribution in [0.2, 0.25) is 0 Å². The zero-order chi connectivity index (χ0) is 23.2. The van der Waals surface area contributed by atoms with E-state index in [9.17, 15) is 5.26 Å². The molecule has 174 valence electrons. The molecule has 2 aliphatic heterocycles. The molecule has 0 radical (unpaired) electrons. The van der Waals surface area contributed by atoms with Gasteiger partial charge in [0.05, 0.1) is 32.0 Å². The van der Waals surface area contributed by atoms with Gasteiger partial charge in [-0.25, -0.2) is 0 Å². The van der Waals surface area contributed by atoms with Crippen LogP contribution in [0.25, 0.3) is 11.1 Å². The molecular weight excluding hydrogens is 428 g/mol. The minimum atomic E-state index is 0.0972. The van der Waals surface area contributed by atoms with Gasteiger partial charge in [0.1, 0.15) is 17.9 Å². The predicted octanol–water partition coefficient (Wildman–Crippen LogP) is 4.00. The summed E-state index contributed by atoms with van der Waals surface area (Å²) in [5.74, 6) is 0.636. The van der Waals surface area contributed by atoms with Crippen molar-refractivity contribution in [2.45, 2.75) is 25.4 Å². The maximum absolute atomic E-state index is 9.72. The second kappa shape index (κ2) is 10.6. The van der Waals surface area contributed by atoms with E-state index in [0.717, 1.165) is 61.7 Å². The number of hydrogen-bond acceptors (Lipinski definition) is 7. The van der Waals surface area contributed by atoms with Crippen molar-refractivity contribution in [3.8, 4) is 22.9 Å². The van der Waals surface area contributed by atoms with Crippen molar-refractivity contribution in [2.75, 3.05) is 44.4 Å². The molecule has 7 heteroatoms. The Bertz CT molecular complexity index is 1160. The normalized spacial score (nSPS) is 16.7. The first-order valence-corrected chi connectivity index (χ1v) is 11.8. The maximum atomic E-state index is 9.72. The molecule has 34 heavy (non-hydrogen) atoms. The van der Waals surface area contributed by atoms with Gasteiger partial charge in [0.15, 0.2) is 0 Å². The van der Waals surface area contributed by atoms with Gasteiger partial charge in [-0.1, -0.05) is 6.07 Å². The maximum Gasteiger partial charge on any atom is 0.137 e. The van der Waals surface area contributed by atoms with Crippen molar-refractivity contribution < 1.29 is 14.2 Å². The summed E-state index contributed by atoms with van der Waals surface area (Å²) in [5.41, 5.74) is 5.61. The second-order valence-corrected chi connectivity index (χ2v) is 8.57. The van der Waals surface area contributed by atoms with Crippen molar-refractivity contribution in [1.82, 2.24) is 9.97 Å². The summed E-state index contributed by atoms with van der Waals surface area (Å²) >= 11 is 0. The standard InChI is InChI=1S/C27H28N4O3/c28-19-22-15-20(1-2-27(22)34-26-5-11-32-12-6-26)21-3-7-29-23(16-21)17-24-18-25(4-8-30-24)31-9-13-33-14-10-31/h1-4,7-8,15-16,18,26H,5-6,9-14,17H2. The lowest BCUT2D eigenvalue weighted by molar-refractivity contribution is 0.0254. The van der Waals surface area contributed by atoms with Crippen molar-refractivity contribution in [3.05, 3.63) is 71.8 Å². The van der Waals surface area contributed by atoms with Gasteiger partial charge in [-0.05, 0) is 47.5 Å². The van der Waals surface area contributed by atoms with Crippen LogP contribution in [0.3, 0.4) is 0 Å². The van der Waals surface area contributed by atoms with Crippen molar-refractivity contribution >= 4 is 5.69 Å². The molecule has 0 saturated carbocycles. The lowest BCUT2D eigenvalue weighted by Crippen LogP contribution is -2.36. The van der Waals surface area contributed by atoms with Crippen molar-refractivity contribution in [3.63, 3.8) is 0 Å². The van der Waals surface area contributed by atoms with Gasteiger partial charge in [0, 0.05) is 61.8 Å². The van der Waals surface area contributed by atoms with Gasteiger partial charge in [-0.3, -0.25) is 9.97 Å². The average Bonchev–Trinajstić information content (AvgIpc) is 2.90. The molecule has 0 amide bonds. The molecule has 0 atom stereocenters. The van der Waals surface area contributed by atoms with Gasteiger partial charge in [-0.15, -0.1) is 0 Å². The first kappa shape index (κ1) is 22.3. The summed E-state index contributed by atoms with van der Waals surface area (Å²) in [4.78, 5) is 11.4. The smallest absolute Gasteiger partial charge is 0.137 e. The Kier molecular flexibility index (Phi) is 6.99. The van der Waals surface area contributed by atoms with Crippen LogP contribution in [-0.4, -0.2) is 55.6 Å². The zero-order valence-corrected chi connectivity index (χ0v) is 19.2. The van der Waals surface area contributed by atoms with Gasteiger partial charge >= 0.3 is 0 Å². The first-order valence-electron chi connectivity index (χ1n) is 11.8. The summed E-state index contributed by atoms with van der Waals surface area (Å²) in [6.07, 6.45) is 6.11. The lowest BCUT2D eigenvalue weighted by Gasteiger charge is -2.29. The first-order chi connectivity index (χ1) is 16.8. The van der Waals surface area contributed by atoms with Gasteiger partial charge in [-0.2, -0.15) is 5.26 Å².